The number of pyridine rings is 2. The Hall–Kier alpha value is -10.0. The van der Waals surface area contributed by atoms with Crippen molar-refractivity contribution in [2.45, 2.75) is 5.41 Å². The maximum Gasteiger partial charge on any atom is 0.132 e. The molecule has 0 radical (unpaired) electrons. The largest absolute Gasteiger partial charge is 0.457 e. The van der Waals surface area contributed by atoms with Crippen molar-refractivity contribution >= 4 is 65.4 Å². The third-order valence-electron chi connectivity index (χ3n) is 15.6. The van der Waals surface area contributed by atoms with Gasteiger partial charge in [-0.2, -0.15) is 5.26 Å². The standard InChI is InChI=1S/C66H38N6O/c67-38-40-27-31-58-48(34-40)49-35-41(29-32-59(49)72(58)61-25-11-10-24-60(61)71-56-22-8-3-16-46(56)47-17-4-9-23-57(47)71)42-28-30-51-63(36-42)73-62-26-12-5-18-50(62)66(51)52-19-13-33-68-64(52)65-53(66)37-43(39-69-65)70-54-20-6-1-14-44(54)45-15-2-7-21-55(45)70/h1-37,39H. The molecule has 14 aromatic rings. The lowest BCUT2D eigenvalue weighted by molar-refractivity contribution is 0.436. The van der Waals surface area contributed by atoms with E-state index in [1.54, 1.807) is 0 Å². The molecular weight excluding hydrogens is 893 g/mol. The third kappa shape index (κ3) is 5.30. The van der Waals surface area contributed by atoms with Crippen LogP contribution >= 0.6 is 0 Å². The fraction of sp³-hybridized carbons (Fsp3) is 0.0152. The van der Waals surface area contributed by atoms with Crippen molar-refractivity contribution < 1.29 is 4.74 Å². The minimum Gasteiger partial charge on any atom is -0.457 e. The Kier molecular flexibility index (Phi) is 8.04. The van der Waals surface area contributed by atoms with E-state index in [-0.39, 0.29) is 0 Å². The summed E-state index contributed by atoms with van der Waals surface area (Å²) in [7, 11) is 0. The lowest BCUT2D eigenvalue weighted by Gasteiger charge is -2.39. The fourth-order valence-electron chi connectivity index (χ4n) is 12.7. The van der Waals surface area contributed by atoms with Gasteiger partial charge in [0.15, 0.2) is 0 Å². The lowest BCUT2D eigenvalue weighted by Crippen LogP contribution is -2.32. The Morgan fingerprint density at radius 2 is 0.890 bits per heavy atom. The molecule has 1 aliphatic heterocycles. The van der Waals surface area contributed by atoms with Crippen LogP contribution in [0.15, 0.2) is 231 Å². The second-order valence-corrected chi connectivity index (χ2v) is 19.2. The van der Waals surface area contributed by atoms with Crippen LogP contribution in [-0.2, 0) is 5.41 Å². The summed E-state index contributed by atoms with van der Waals surface area (Å²) in [6.45, 7) is 0. The Bertz CT molecular complexity index is 4650. The van der Waals surface area contributed by atoms with Gasteiger partial charge in [0, 0.05) is 55.2 Å². The zero-order valence-corrected chi connectivity index (χ0v) is 39.0. The van der Waals surface area contributed by atoms with Crippen molar-refractivity contribution in [1.82, 2.24) is 23.7 Å². The Labute approximate surface area is 418 Å². The van der Waals surface area contributed by atoms with Gasteiger partial charge in [-0.1, -0.05) is 127 Å². The molecule has 5 aromatic heterocycles. The Morgan fingerprint density at radius 1 is 0.384 bits per heavy atom. The number of aromatic nitrogens is 5. The maximum atomic E-state index is 10.3. The first-order valence-corrected chi connectivity index (χ1v) is 24.6. The number of rotatable bonds is 4. The lowest BCUT2D eigenvalue weighted by atomic mass is 9.66. The highest BCUT2D eigenvalue weighted by atomic mass is 16.5. The van der Waals surface area contributed by atoms with Gasteiger partial charge in [-0.05, 0) is 108 Å². The van der Waals surface area contributed by atoms with E-state index >= 15 is 0 Å². The van der Waals surface area contributed by atoms with E-state index in [2.05, 4.69) is 214 Å². The van der Waals surface area contributed by atoms with Crippen LogP contribution < -0.4 is 4.74 Å². The number of ether oxygens (including phenoxy) is 1. The van der Waals surface area contributed by atoms with Crippen molar-refractivity contribution in [2.75, 3.05) is 0 Å². The van der Waals surface area contributed by atoms with Gasteiger partial charge in [0.25, 0.3) is 0 Å². The van der Waals surface area contributed by atoms with Crippen LogP contribution in [0.2, 0.25) is 0 Å². The minimum atomic E-state index is -0.780. The molecule has 338 valence electrons. The summed E-state index contributed by atoms with van der Waals surface area (Å²) in [6, 6.07) is 80.0. The highest BCUT2D eigenvalue weighted by Gasteiger charge is 2.52. The number of para-hydroxylation sites is 7. The van der Waals surface area contributed by atoms with Crippen LogP contribution in [0.1, 0.15) is 27.8 Å². The van der Waals surface area contributed by atoms with Crippen molar-refractivity contribution in [3.05, 3.63) is 259 Å². The smallest absolute Gasteiger partial charge is 0.132 e. The van der Waals surface area contributed by atoms with Crippen molar-refractivity contribution in [2.24, 2.45) is 0 Å². The topological polar surface area (TPSA) is 73.6 Å². The number of fused-ring (bicyclic) bond motifs is 18. The molecule has 0 amide bonds. The number of nitriles is 1. The molecule has 73 heavy (non-hydrogen) atoms. The van der Waals surface area contributed by atoms with E-state index in [9.17, 15) is 5.26 Å². The van der Waals surface area contributed by atoms with E-state index in [4.69, 9.17) is 14.7 Å². The van der Waals surface area contributed by atoms with Crippen molar-refractivity contribution in [1.29, 1.82) is 5.26 Å². The SMILES string of the molecule is N#Cc1ccc2c(c1)c1cc(-c3ccc4c(c3)Oc3ccccc3C43c4cccnc4-c4ncc(-n5c6ccccc6c6ccccc65)cc43)ccc1n2-c1ccccc1-n1c2ccccc2c2ccccc21. The highest BCUT2D eigenvalue weighted by Crippen LogP contribution is 2.62. The van der Waals surface area contributed by atoms with Gasteiger partial charge in [-0.15, -0.1) is 0 Å². The zero-order valence-electron chi connectivity index (χ0n) is 39.0. The molecule has 7 heteroatoms. The molecule has 0 saturated heterocycles. The zero-order chi connectivity index (χ0) is 47.9. The first-order valence-electron chi connectivity index (χ1n) is 24.6. The van der Waals surface area contributed by atoms with Crippen LogP contribution in [0, 0.1) is 11.3 Å². The van der Waals surface area contributed by atoms with Crippen LogP contribution in [0.4, 0.5) is 0 Å². The van der Waals surface area contributed by atoms with Gasteiger partial charge >= 0.3 is 0 Å². The van der Waals surface area contributed by atoms with Crippen molar-refractivity contribution in [3.8, 4) is 57.1 Å². The van der Waals surface area contributed by atoms with Gasteiger partial charge in [-0.25, -0.2) is 0 Å². The fourth-order valence-corrected chi connectivity index (χ4v) is 12.7. The predicted octanol–water partition coefficient (Wildman–Crippen LogP) is 15.8. The molecule has 7 nitrogen and oxygen atoms in total. The van der Waals surface area contributed by atoms with E-state index < -0.39 is 5.41 Å². The van der Waals surface area contributed by atoms with Gasteiger partial charge in [0.2, 0.25) is 0 Å². The molecule has 1 spiro atoms. The molecule has 0 N–H and O–H groups in total. The quantitative estimate of drug-likeness (QED) is 0.176. The summed E-state index contributed by atoms with van der Waals surface area (Å²) < 4.78 is 14.1. The summed E-state index contributed by atoms with van der Waals surface area (Å²) in [6.07, 6.45) is 3.87. The molecule has 0 fully saturated rings. The molecule has 1 unspecified atom stereocenters. The molecule has 0 saturated carbocycles. The highest BCUT2D eigenvalue weighted by molar-refractivity contribution is 6.13. The monoisotopic (exact) mass is 930 g/mol. The van der Waals surface area contributed by atoms with E-state index in [1.165, 1.54) is 21.5 Å². The number of benzene rings is 9. The number of hydrogen-bond donors (Lipinski definition) is 0. The number of hydrogen-bond acceptors (Lipinski definition) is 4. The second kappa shape index (κ2) is 14.8. The summed E-state index contributed by atoms with van der Waals surface area (Å²) in [5.74, 6) is 1.57. The normalized spacial score (nSPS) is 14.5. The molecule has 9 aromatic carbocycles. The molecular formula is C66H38N6O. The van der Waals surface area contributed by atoms with E-state index in [0.717, 1.165) is 117 Å². The molecule has 2 aliphatic rings. The maximum absolute atomic E-state index is 10.3. The van der Waals surface area contributed by atoms with Gasteiger partial charge in [0.1, 0.15) is 11.5 Å². The first-order chi connectivity index (χ1) is 36.2. The van der Waals surface area contributed by atoms with Gasteiger partial charge in [0.05, 0.1) is 84.8 Å². The average molecular weight is 931 g/mol. The number of nitrogens with zero attached hydrogens (tertiary/aromatic N) is 6. The van der Waals surface area contributed by atoms with E-state index in [0.29, 0.717) is 5.56 Å². The molecule has 1 aliphatic carbocycles. The third-order valence-corrected chi connectivity index (χ3v) is 15.6. The van der Waals surface area contributed by atoms with Crippen LogP contribution in [-0.4, -0.2) is 23.7 Å². The van der Waals surface area contributed by atoms with Gasteiger partial charge < -0.3 is 18.4 Å². The second-order valence-electron chi connectivity index (χ2n) is 19.2. The van der Waals surface area contributed by atoms with E-state index in [1.807, 2.05) is 36.7 Å². The summed E-state index contributed by atoms with van der Waals surface area (Å²) in [5, 5.41) is 17.1. The predicted molar refractivity (Wildman–Crippen MR) is 293 cm³/mol. The molecule has 16 rings (SSSR count). The summed E-state index contributed by atoms with van der Waals surface area (Å²) >= 11 is 0. The van der Waals surface area contributed by atoms with Crippen LogP contribution in [0.5, 0.6) is 11.5 Å². The summed E-state index contributed by atoms with van der Waals surface area (Å²) in [5.41, 5.74) is 17.5. The molecule has 0 bridgehead atoms. The minimum absolute atomic E-state index is 0.612. The van der Waals surface area contributed by atoms with Gasteiger partial charge in [-0.3, -0.25) is 9.97 Å². The average Bonchev–Trinajstić information content (AvgIpc) is 4.17. The molecule has 6 heterocycles. The summed E-state index contributed by atoms with van der Waals surface area (Å²) in [4.78, 5) is 10.4. The van der Waals surface area contributed by atoms with Crippen molar-refractivity contribution in [3.63, 3.8) is 0 Å². The van der Waals surface area contributed by atoms with Crippen LogP contribution in [0.25, 0.3) is 105 Å². The first kappa shape index (κ1) is 39.8. The Morgan fingerprint density at radius 3 is 1.56 bits per heavy atom. The van der Waals surface area contributed by atoms with Crippen LogP contribution in [0.3, 0.4) is 0 Å². The molecule has 1 atom stereocenters. The Balaban J connectivity index is 0.897.